The largest absolute Gasteiger partial charge is 0.350 e. The van der Waals surface area contributed by atoms with Gasteiger partial charge in [0.25, 0.3) is 0 Å². The van der Waals surface area contributed by atoms with Crippen LogP contribution in [-0.4, -0.2) is 11.4 Å². The van der Waals surface area contributed by atoms with Crippen LogP contribution in [0, 0.1) is 5.92 Å². The lowest BCUT2D eigenvalue weighted by atomic mass is 10.1. The minimum absolute atomic E-state index is 0.827. The maximum absolute atomic E-state index is 4.09. The zero-order valence-corrected chi connectivity index (χ0v) is 10.8. The first-order valence-corrected chi connectivity index (χ1v) is 6.24. The van der Waals surface area contributed by atoms with Crippen LogP contribution in [0.2, 0.25) is 0 Å². The minimum atomic E-state index is 0.827. The Morgan fingerprint density at radius 1 is 1.27 bits per heavy atom. The van der Waals surface area contributed by atoms with Gasteiger partial charge in [-0.05, 0) is 46.0 Å². The molecule has 1 aliphatic carbocycles. The van der Waals surface area contributed by atoms with Gasteiger partial charge < -0.3 is 4.90 Å². The Morgan fingerprint density at radius 3 is 2.20 bits per heavy atom. The molecule has 0 saturated heterocycles. The van der Waals surface area contributed by atoms with Gasteiger partial charge in [-0.15, -0.1) is 0 Å². The molecular formula is C14H25N. The SMILES string of the molecule is C=C(C)N(CC)C(=C(C)CCC)C1CC1. The number of hydrogen-bond acceptors (Lipinski definition) is 1. The molecule has 0 spiro atoms. The molecule has 0 heterocycles. The van der Waals surface area contributed by atoms with Crippen molar-refractivity contribution in [3.05, 3.63) is 23.5 Å². The van der Waals surface area contributed by atoms with Gasteiger partial charge in [0, 0.05) is 17.9 Å². The Bertz CT molecular complexity index is 259. The fraction of sp³-hybridized carbons (Fsp3) is 0.714. The fourth-order valence-corrected chi connectivity index (χ4v) is 2.30. The molecular weight excluding hydrogens is 182 g/mol. The molecule has 0 bridgehead atoms. The van der Waals surface area contributed by atoms with Gasteiger partial charge in [-0.3, -0.25) is 0 Å². The first-order chi connectivity index (χ1) is 7.11. The monoisotopic (exact) mass is 207 g/mol. The van der Waals surface area contributed by atoms with E-state index in [-0.39, 0.29) is 0 Å². The molecule has 1 fully saturated rings. The molecule has 1 heteroatoms. The maximum Gasteiger partial charge on any atom is 0.0196 e. The van der Waals surface area contributed by atoms with Gasteiger partial charge in [-0.1, -0.05) is 25.5 Å². The van der Waals surface area contributed by atoms with Crippen LogP contribution in [0.25, 0.3) is 0 Å². The third-order valence-electron chi connectivity index (χ3n) is 3.09. The van der Waals surface area contributed by atoms with Crippen LogP contribution in [0.1, 0.15) is 53.4 Å². The van der Waals surface area contributed by atoms with E-state index < -0.39 is 0 Å². The summed E-state index contributed by atoms with van der Waals surface area (Å²) in [6.07, 6.45) is 5.23. The van der Waals surface area contributed by atoms with Gasteiger partial charge >= 0.3 is 0 Å². The molecule has 0 aliphatic heterocycles. The molecule has 0 radical (unpaired) electrons. The highest BCUT2D eigenvalue weighted by Gasteiger charge is 2.30. The van der Waals surface area contributed by atoms with Gasteiger partial charge in [-0.25, -0.2) is 0 Å². The van der Waals surface area contributed by atoms with Crippen molar-refractivity contribution in [2.45, 2.75) is 53.4 Å². The molecule has 0 unspecified atom stereocenters. The normalized spacial score (nSPS) is 17.3. The van der Waals surface area contributed by atoms with Crippen molar-refractivity contribution in [1.82, 2.24) is 4.90 Å². The highest BCUT2D eigenvalue weighted by molar-refractivity contribution is 5.22. The van der Waals surface area contributed by atoms with E-state index >= 15 is 0 Å². The predicted molar refractivity (Wildman–Crippen MR) is 67.5 cm³/mol. The third kappa shape index (κ3) is 3.12. The molecule has 0 aromatic heterocycles. The summed E-state index contributed by atoms with van der Waals surface area (Å²) >= 11 is 0. The van der Waals surface area contributed by atoms with E-state index in [9.17, 15) is 0 Å². The molecule has 86 valence electrons. The Balaban J connectivity index is 2.89. The molecule has 0 aromatic rings. The molecule has 0 N–H and O–H groups in total. The Kier molecular flexibility index (Phi) is 4.44. The quantitative estimate of drug-likeness (QED) is 0.626. The van der Waals surface area contributed by atoms with Crippen molar-refractivity contribution in [2.24, 2.45) is 5.92 Å². The van der Waals surface area contributed by atoms with Crippen LogP contribution in [0.5, 0.6) is 0 Å². The average molecular weight is 207 g/mol. The van der Waals surface area contributed by atoms with Crippen LogP contribution in [0.3, 0.4) is 0 Å². The summed E-state index contributed by atoms with van der Waals surface area (Å²) in [5.41, 5.74) is 4.34. The lowest BCUT2D eigenvalue weighted by Crippen LogP contribution is -2.22. The van der Waals surface area contributed by atoms with Crippen LogP contribution in [-0.2, 0) is 0 Å². The van der Waals surface area contributed by atoms with Gasteiger partial charge in [0.05, 0.1) is 0 Å². The molecule has 1 saturated carbocycles. The van der Waals surface area contributed by atoms with Crippen molar-refractivity contribution in [2.75, 3.05) is 6.54 Å². The fourth-order valence-electron chi connectivity index (χ4n) is 2.30. The summed E-state index contributed by atoms with van der Waals surface area (Å²) in [6, 6.07) is 0. The highest BCUT2D eigenvalue weighted by Crippen LogP contribution is 2.41. The summed E-state index contributed by atoms with van der Waals surface area (Å²) < 4.78 is 0. The molecule has 1 aliphatic rings. The summed E-state index contributed by atoms with van der Waals surface area (Å²) in [4.78, 5) is 2.41. The number of hydrogen-bond donors (Lipinski definition) is 0. The van der Waals surface area contributed by atoms with Crippen molar-refractivity contribution < 1.29 is 0 Å². The van der Waals surface area contributed by atoms with E-state index in [2.05, 4.69) is 39.2 Å². The smallest absolute Gasteiger partial charge is 0.0196 e. The summed E-state index contributed by atoms with van der Waals surface area (Å²) in [7, 11) is 0. The van der Waals surface area contributed by atoms with E-state index in [1.54, 1.807) is 11.3 Å². The van der Waals surface area contributed by atoms with Gasteiger partial charge in [0.2, 0.25) is 0 Å². The standard InChI is InChI=1S/C14H25N/c1-6-8-12(5)14(13-9-10-13)15(7-2)11(3)4/h13H,3,6-10H2,1-2,4-5H3. The van der Waals surface area contributed by atoms with Crippen LogP contribution < -0.4 is 0 Å². The van der Waals surface area contributed by atoms with Gasteiger partial charge in [0.15, 0.2) is 0 Å². The van der Waals surface area contributed by atoms with Crippen LogP contribution >= 0.6 is 0 Å². The zero-order valence-electron chi connectivity index (χ0n) is 10.8. The maximum atomic E-state index is 4.09. The second-order valence-electron chi connectivity index (χ2n) is 4.67. The first-order valence-electron chi connectivity index (χ1n) is 6.24. The topological polar surface area (TPSA) is 3.24 Å². The van der Waals surface area contributed by atoms with E-state index in [1.165, 1.54) is 31.4 Å². The van der Waals surface area contributed by atoms with Gasteiger partial charge in [0.1, 0.15) is 0 Å². The first kappa shape index (κ1) is 12.4. The highest BCUT2D eigenvalue weighted by atomic mass is 15.1. The Hall–Kier alpha value is -0.720. The second kappa shape index (κ2) is 5.39. The minimum Gasteiger partial charge on any atom is -0.350 e. The predicted octanol–water partition coefficient (Wildman–Crippen LogP) is 4.33. The van der Waals surface area contributed by atoms with Crippen molar-refractivity contribution in [1.29, 1.82) is 0 Å². The summed E-state index contributed by atoms with van der Waals surface area (Å²) in [6.45, 7) is 14.0. The Morgan fingerprint density at radius 2 is 1.87 bits per heavy atom. The lowest BCUT2D eigenvalue weighted by Gasteiger charge is -2.28. The van der Waals surface area contributed by atoms with E-state index in [0.717, 1.165) is 12.5 Å². The van der Waals surface area contributed by atoms with Crippen molar-refractivity contribution in [3.8, 4) is 0 Å². The molecule has 0 amide bonds. The molecule has 15 heavy (non-hydrogen) atoms. The molecule has 1 nitrogen and oxygen atoms in total. The van der Waals surface area contributed by atoms with Crippen LogP contribution in [0.15, 0.2) is 23.5 Å². The summed E-state index contributed by atoms with van der Waals surface area (Å²) in [5.74, 6) is 0.827. The second-order valence-corrected chi connectivity index (χ2v) is 4.67. The van der Waals surface area contributed by atoms with Crippen molar-refractivity contribution >= 4 is 0 Å². The number of nitrogens with zero attached hydrogens (tertiary/aromatic N) is 1. The van der Waals surface area contributed by atoms with E-state index in [1.807, 2.05) is 0 Å². The molecule has 0 atom stereocenters. The van der Waals surface area contributed by atoms with E-state index in [0.29, 0.717) is 0 Å². The van der Waals surface area contributed by atoms with Crippen molar-refractivity contribution in [3.63, 3.8) is 0 Å². The Labute approximate surface area is 94.9 Å². The lowest BCUT2D eigenvalue weighted by molar-refractivity contribution is 0.419. The zero-order chi connectivity index (χ0) is 11.4. The third-order valence-corrected chi connectivity index (χ3v) is 3.09. The van der Waals surface area contributed by atoms with Gasteiger partial charge in [-0.2, -0.15) is 0 Å². The summed E-state index contributed by atoms with van der Waals surface area (Å²) in [5, 5.41) is 0. The van der Waals surface area contributed by atoms with E-state index in [4.69, 9.17) is 0 Å². The molecule has 0 aromatic carbocycles. The number of allylic oxidation sites excluding steroid dienone is 3. The van der Waals surface area contributed by atoms with Crippen LogP contribution in [0.4, 0.5) is 0 Å². The molecule has 1 rings (SSSR count). The number of rotatable bonds is 6. The average Bonchev–Trinajstić information content (AvgIpc) is 2.96.